The van der Waals surface area contributed by atoms with E-state index in [1.54, 1.807) is 44.4 Å². The van der Waals surface area contributed by atoms with E-state index in [2.05, 4.69) is 17.4 Å². The van der Waals surface area contributed by atoms with Crippen molar-refractivity contribution in [3.8, 4) is 5.75 Å². The maximum absolute atomic E-state index is 12.9. The lowest BCUT2D eigenvalue weighted by Crippen LogP contribution is -2.39. The fourth-order valence-corrected chi connectivity index (χ4v) is 2.64. The zero-order chi connectivity index (χ0) is 21.1. The normalized spacial score (nSPS) is 10.6. The first-order chi connectivity index (χ1) is 14.0. The Morgan fingerprint density at radius 2 is 1.93 bits per heavy atom. The summed E-state index contributed by atoms with van der Waals surface area (Å²) in [5, 5.41) is 6.38. The van der Waals surface area contributed by atoms with Crippen molar-refractivity contribution in [3.63, 3.8) is 0 Å². The number of unbranched alkanes of at least 4 members (excludes halogenated alkanes) is 1. The first-order valence-corrected chi connectivity index (χ1v) is 9.77. The predicted molar refractivity (Wildman–Crippen MR) is 109 cm³/mol. The van der Waals surface area contributed by atoms with Gasteiger partial charge in [0.25, 0.3) is 5.91 Å². The van der Waals surface area contributed by atoms with E-state index in [1.165, 1.54) is 4.90 Å². The molecule has 0 fully saturated rings. The zero-order valence-corrected chi connectivity index (χ0v) is 17.3. The number of benzene rings is 1. The van der Waals surface area contributed by atoms with Crippen molar-refractivity contribution < 1.29 is 23.6 Å². The Morgan fingerprint density at radius 1 is 1.17 bits per heavy atom. The fraction of sp³-hybridized carbons (Fsp3) is 0.476. The molecule has 0 atom stereocenters. The molecule has 0 unspecified atom stereocenters. The van der Waals surface area contributed by atoms with Crippen LogP contribution in [0.15, 0.2) is 34.9 Å². The van der Waals surface area contributed by atoms with Gasteiger partial charge in [-0.15, -0.1) is 0 Å². The molecule has 1 aromatic heterocycles. The number of ether oxygens (including phenoxy) is 2. The Balaban J connectivity index is 2.01. The zero-order valence-electron chi connectivity index (χ0n) is 17.3. The number of amides is 2. The molecule has 0 saturated carbocycles. The predicted octanol–water partition coefficient (Wildman–Crippen LogP) is 3.28. The minimum absolute atomic E-state index is 0.0940. The number of methoxy groups -OCH3 is 1. The Labute approximate surface area is 171 Å². The lowest BCUT2D eigenvalue weighted by Gasteiger charge is -2.22. The summed E-state index contributed by atoms with van der Waals surface area (Å²) >= 11 is 0. The summed E-state index contributed by atoms with van der Waals surface area (Å²) in [5.41, 5.74) is 0.496. The van der Waals surface area contributed by atoms with Crippen LogP contribution in [0.3, 0.4) is 0 Å². The standard InChI is InChI=1S/C21H29N3O5/c1-4-5-13-28-18-9-7-17(8-10-18)21(26)24(11-6-12-27-3)15-20(25)22-19-14-16(2)29-23-19/h7-10,14H,4-6,11-13,15H2,1-3H3,(H,22,23,25). The summed E-state index contributed by atoms with van der Waals surface area (Å²) in [6.07, 6.45) is 2.66. The molecule has 2 rings (SSSR count). The second-order valence-electron chi connectivity index (χ2n) is 6.67. The average molecular weight is 403 g/mol. The van der Waals surface area contributed by atoms with Gasteiger partial charge in [0.2, 0.25) is 5.91 Å². The Morgan fingerprint density at radius 3 is 2.55 bits per heavy atom. The molecule has 158 valence electrons. The SMILES string of the molecule is CCCCOc1ccc(C(=O)N(CCCOC)CC(=O)Nc2cc(C)on2)cc1. The van der Waals surface area contributed by atoms with Gasteiger partial charge in [-0.05, 0) is 44.0 Å². The van der Waals surface area contributed by atoms with Crippen LogP contribution < -0.4 is 10.1 Å². The number of nitrogens with one attached hydrogen (secondary N) is 1. The number of anilines is 1. The molecule has 1 heterocycles. The molecule has 1 N–H and O–H groups in total. The number of rotatable bonds is 12. The van der Waals surface area contributed by atoms with Crippen molar-refractivity contribution in [2.45, 2.75) is 33.1 Å². The topological polar surface area (TPSA) is 93.9 Å². The number of nitrogens with zero attached hydrogens (tertiary/aromatic N) is 2. The lowest BCUT2D eigenvalue weighted by molar-refractivity contribution is -0.117. The van der Waals surface area contributed by atoms with Gasteiger partial charge < -0.3 is 24.2 Å². The van der Waals surface area contributed by atoms with E-state index >= 15 is 0 Å². The van der Waals surface area contributed by atoms with Crippen molar-refractivity contribution in [3.05, 3.63) is 41.7 Å². The van der Waals surface area contributed by atoms with E-state index in [0.717, 1.165) is 18.6 Å². The lowest BCUT2D eigenvalue weighted by atomic mass is 10.2. The summed E-state index contributed by atoms with van der Waals surface area (Å²) in [6.45, 7) is 5.28. The van der Waals surface area contributed by atoms with Crippen LogP contribution in [0.4, 0.5) is 5.82 Å². The van der Waals surface area contributed by atoms with E-state index in [-0.39, 0.29) is 18.4 Å². The van der Waals surface area contributed by atoms with Gasteiger partial charge >= 0.3 is 0 Å². The monoisotopic (exact) mass is 403 g/mol. The molecule has 0 saturated heterocycles. The van der Waals surface area contributed by atoms with Crippen LogP contribution in [0.5, 0.6) is 5.75 Å². The molecule has 0 aliphatic heterocycles. The van der Waals surface area contributed by atoms with Gasteiger partial charge in [0, 0.05) is 31.9 Å². The summed E-state index contributed by atoms with van der Waals surface area (Å²) in [7, 11) is 1.60. The molecule has 0 bridgehead atoms. The van der Waals surface area contributed by atoms with Gasteiger partial charge in [0.15, 0.2) is 5.82 Å². The molecule has 0 spiro atoms. The van der Waals surface area contributed by atoms with Crippen LogP contribution in [0, 0.1) is 6.92 Å². The van der Waals surface area contributed by atoms with Crippen LogP contribution in [0.2, 0.25) is 0 Å². The highest BCUT2D eigenvalue weighted by Crippen LogP contribution is 2.15. The van der Waals surface area contributed by atoms with E-state index < -0.39 is 0 Å². The fourth-order valence-electron chi connectivity index (χ4n) is 2.64. The number of carbonyl (C=O) groups is 2. The minimum atomic E-state index is -0.344. The molecule has 0 aliphatic carbocycles. The Kier molecular flexibility index (Phi) is 9.17. The maximum Gasteiger partial charge on any atom is 0.254 e. The molecule has 2 aromatic rings. The molecule has 29 heavy (non-hydrogen) atoms. The van der Waals surface area contributed by atoms with Gasteiger partial charge in [0.05, 0.1) is 6.61 Å². The molecule has 0 aliphatic rings. The third kappa shape index (κ3) is 7.57. The van der Waals surface area contributed by atoms with Gasteiger partial charge in [-0.2, -0.15) is 0 Å². The first kappa shape index (κ1) is 22.4. The maximum atomic E-state index is 12.9. The number of aryl methyl sites for hydroxylation is 1. The van der Waals surface area contributed by atoms with Crippen molar-refractivity contribution in [2.75, 3.05) is 38.7 Å². The molecular formula is C21H29N3O5. The van der Waals surface area contributed by atoms with Crippen molar-refractivity contribution in [1.82, 2.24) is 10.1 Å². The highest BCUT2D eigenvalue weighted by Gasteiger charge is 2.19. The van der Waals surface area contributed by atoms with Crippen LogP contribution >= 0.6 is 0 Å². The van der Waals surface area contributed by atoms with Crippen molar-refractivity contribution in [2.24, 2.45) is 0 Å². The molecule has 8 heteroatoms. The van der Waals surface area contributed by atoms with Crippen LogP contribution in [0.1, 0.15) is 42.3 Å². The second kappa shape index (κ2) is 11.9. The molecule has 1 aromatic carbocycles. The molecule has 2 amide bonds. The Hall–Kier alpha value is -2.87. The summed E-state index contributed by atoms with van der Waals surface area (Å²) < 4.78 is 15.6. The second-order valence-corrected chi connectivity index (χ2v) is 6.67. The van der Waals surface area contributed by atoms with Crippen LogP contribution in [-0.4, -0.2) is 55.3 Å². The van der Waals surface area contributed by atoms with Crippen LogP contribution in [0.25, 0.3) is 0 Å². The number of hydrogen-bond donors (Lipinski definition) is 1. The number of aromatic nitrogens is 1. The summed E-state index contributed by atoms with van der Waals surface area (Å²) in [5.74, 6) is 1.07. The molecule has 8 nitrogen and oxygen atoms in total. The van der Waals surface area contributed by atoms with Gasteiger partial charge in [-0.1, -0.05) is 18.5 Å². The quantitative estimate of drug-likeness (QED) is 0.547. The number of hydrogen-bond acceptors (Lipinski definition) is 6. The summed E-state index contributed by atoms with van der Waals surface area (Å²) in [6, 6.07) is 8.59. The first-order valence-electron chi connectivity index (χ1n) is 9.77. The minimum Gasteiger partial charge on any atom is -0.494 e. The van der Waals surface area contributed by atoms with E-state index in [9.17, 15) is 9.59 Å². The van der Waals surface area contributed by atoms with Gasteiger partial charge in [0.1, 0.15) is 18.1 Å². The van der Waals surface area contributed by atoms with Gasteiger partial charge in [-0.25, -0.2) is 0 Å². The van der Waals surface area contributed by atoms with Crippen molar-refractivity contribution in [1.29, 1.82) is 0 Å². The number of carbonyl (C=O) groups excluding carboxylic acids is 2. The average Bonchev–Trinajstić information content (AvgIpc) is 3.12. The highest BCUT2D eigenvalue weighted by molar-refractivity contribution is 5.99. The molecule has 0 radical (unpaired) electrons. The Bertz CT molecular complexity index is 773. The van der Waals surface area contributed by atoms with Crippen LogP contribution in [-0.2, 0) is 9.53 Å². The van der Waals surface area contributed by atoms with Gasteiger partial charge in [-0.3, -0.25) is 9.59 Å². The smallest absolute Gasteiger partial charge is 0.254 e. The highest BCUT2D eigenvalue weighted by atomic mass is 16.5. The largest absolute Gasteiger partial charge is 0.494 e. The van der Waals surface area contributed by atoms with E-state index in [0.29, 0.717) is 43.3 Å². The third-order valence-electron chi connectivity index (χ3n) is 4.16. The van der Waals surface area contributed by atoms with E-state index in [4.69, 9.17) is 14.0 Å². The van der Waals surface area contributed by atoms with Crippen molar-refractivity contribution >= 4 is 17.6 Å². The van der Waals surface area contributed by atoms with E-state index in [1.807, 2.05) is 0 Å². The third-order valence-corrected chi connectivity index (χ3v) is 4.16. The summed E-state index contributed by atoms with van der Waals surface area (Å²) in [4.78, 5) is 26.8. The molecular weight excluding hydrogens is 374 g/mol.